The molecular weight excluding hydrogens is 442 g/mol. The van der Waals surface area contributed by atoms with Gasteiger partial charge in [0, 0.05) is 11.9 Å². The fourth-order valence-corrected chi connectivity index (χ4v) is 5.81. The van der Waals surface area contributed by atoms with Crippen molar-refractivity contribution < 1.29 is 9.53 Å². The molecule has 2 heterocycles. The van der Waals surface area contributed by atoms with Crippen molar-refractivity contribution in [3.05, 3.63) is 51.2 Å². The standard InChI is InChI=1S/C23H25N5O2S2/c1-14-8-15(2)10-16(9-14)30-12-20-26-27-23(28(20)3)31-13-21(29)25-22-18(11-24)17-6-4-5-7-19(17)32-22/h8-10H,4-7,12-13H2,1-3H3,(H,25,29). The van der Waals surface area contributed by atoms with E-state index in [2.05, 4.69) is 27.6 Å². The average Bonchev–Trinajstić information content (AvgIpc) is 3.29. The van der Waals surface area contributed by atoms with Crippen LogP contribution in [0.4, 0.5) is 5.00 Å². The van der Waals surface area contributed by atoms with Crippen molar-refractivity contribution in [3.8, 4) is 11.8 Å². The van der Waals surface area contributed by atoms with Crippen molar-refractivity contribution in [2.75, 3.05) is 11.1 Å². The Labute approximate surface area is 195 Å². The third-order valence-corrected chi connectivity index (χ3v) is 7.58. The topological polar surface area (TPSA) is 92.8 Å². The Balaban J connectivity index is 1.34. The lowest BCUT2D eigenvalue weighted by Crippen LogP contribution is -2.14. The van der Waals surface area contributed by atoms with Crippen LogP contribution >= 0.6 is 23.1 Å². The first-order chi connectivity index (χ1) is 15.4. The van der Waals surface area contributed by atoms with Crippen LogP contribution < -0.4 is 10.1 Å². The number of nitriles is 1. The molecule has 32 heavy (non-hydrogen) atoms. The smallest absolute Gasteiger partial charge is 0.235 e. The Morgan fingerprint density at radius 2 is 2.00 bits per heavy atom. The number of nitrogens with zero attached hydrogens (tertiary/aromatic N) is 4. The van der Waals surface area contributed by atoms with Gasteiger partial charge in [-0.1, -0.05) is 17.8 Å². The minimum atomic E-state index is -0.152. The molecule has 1 aliphatic carbocycles. The van der Waals surface area contributed by atoms with Gasteiger partial charge in [0.15, 0.2) is 11.0 Å². The first kappa shape index (κ1) is 22.4. The van der Waals surface area contributed by atoms with E-state index in [0.29, 0.717) is 28.2 Å². The van der Waals surface area contributed by atoms with Crippen molar-refractivity contribution in [2.24, 2.45) is 7.05 Å². The molecule has 2 aromatic heterocycles. The zero-order chi connectivity index (χ0) is 22.7. The second-order valence-electron chi connectivity index (χ2n) is 7.93. The minimum absolute atomic E-state index is 0.152. The molecule has 9 heteroatoms. The molecule has 0 atom stereocenters. The summed E-state index contributed by atoms with van der Waals surface area (Å²) >= 11 is 2.85. The van der Waals surface area contributed by atoms with E-state index in [1.54, 1.807) is 0 Å². The maximum atomic E-state index is 12.5. The number of amides is 1. The first-order valence-corrected chi connectivity index (χ1v) is 12.3. The summed E-state index contributed by atoms with van der Waals surface area (Å²) < 4.78 is 7.72. The highest BCUT2D eigenvalue weighted by Gasteiger charge is 2.22. The van der Waals surface area contributed by atoms with E-state index in [4.69, 9.17) is 4.74 Å². The molecule has 1 aromatic carbocycles. The van der Waals surface area contributed by atoms with Gasteiger partial charge in [-0.25, -0.2) is 0 Å². The summed E-state index contributed by atoms with van der Waals surface area (Å²) in [6.07, 6.45) is 4.16. The summed E-state index contributed by atoms with van der Waals surface area (Å²) in [6.45, 7) is 4.37. The maximum absolute atomic E-state index is 12.5. The van der Waals surface area contributed by atoms with Gasteiger partial charge in [-0.05, 0) is 68.4 Å². The third-order valence-electron chi connectivity index (χ3n) is 5.36. The van der Waals surface area contributed by atoms with Crippen LogP contribution in [0.2, 0.25) is 0 Å². The molecule has 0 aliphatic heterocycles. The Morgan fingerprint density at radius 1 is 1.25 bits per heavy atom. The lowest BCUT2D eigenvalue weighted by atomic mass is 9.96. The predicted molar refractivity (Wildman–Crippen MR) is 126 cm³/mol. The molecule has 1 amide bonds. The van der Waals surface area contributed by atoms with E-state index in [-0.39, 0.29) is 11.7 Å². The van der Waals surface area contributed by atoms with Gasteiger partial charge in [0.2, 0.25) is 5.91 Å². The number of carbonyl (C=O) groups is 1. The summed E-state index contributed by atoms with van der Waals surface area (Å²) in [5.41, 5.74) is 4.04. The minimum Gasteiger partial charge on any atom is -0.486 e. The number of hydrogen-bond acceptors (Lipinski definition) is 7. The van der Waals surface area contributed by atoms with Crippen LogP contribution in [0.25, 0.3) is 0 Å². The molecule has 0 saturated carbocycles. The zero-order valence-corrected chi connectivity index (χ0v) is 20.0. The Hall–Kier alpha value is -2.83. The van der Waals surface area contributed by atoms with Gasteiger partial charge >= 0.3 is 0 Å². The monoisotopic (exact) mass is 467 g/mol. The van der Waals surface area contributed by atoms with Gasteiger partial charge in [-0.2, -0.15) is 5.26 Å². The number of aryl methyl sites for hydroxylation is 3. The van der Waals surface area contributed by atoms with Crippen molar-refractivity contribution in [1.29, 1.82) is 5.26 Å². The predicted octanol–water partition coefficient (Wildman–Crippen LogP) is 4.55. The molecule has 4 rings (SSSR count). The fourth-order valence-electron chi connectivity index (χ4n) is 3.83. The summed E-state index contributed by atoms with van der Waals surface area (Å²) in [6, 6.07) is 8.35. The van der Waals surface area contributed by atoms with Gasteiger partial charge in [-0.15, -0.1) is 21.5 Å². The molecule has 166 valence electrons. The summed E-state index contributed by atoms with van der Waals surface area (Å²) in [7, 11) is 1.86. The van der Waals surface area contributed by atoms with Crippen LogP contribution in [0.3, 0.4) is 0 Å². The van der Waals surface area contributed by atoms with E-state index in [9.17, 15) is 10.1 Å². The number of anilines is 1. The SMILES string of the molecule is Cc1cc(C)cc(OCc2nnc(SCC(=O)Nc3sc4c(c3C#N)CCCC4)n2C)c1. The number of fused-ring (bicyclic) bond motifs is 1. The number of carbonyl (C=O) groups excluding carboxylic acids is 1. The highest BCUT2D eigenvalue weighted by Crippen LogP contribution is 2.37. The van der Waals surface area contributed by atoms with Gasteiger partial charge < -0.3 is 14.6 Å². The number of thiophene rings is 1. The molecular formula is C23H25N5O2S2. The van der Waals surface area contributed by atoms with Crippen LogP contribution in [-0.4, -0.2) is 26.4 Å². The summed E-state index contributed by atoms with van der Waals surface area (Å²) in [5.74, 6) is 1.52. The second-order valence-corrected chi connectivity index (χ2v) is 9.98. The lowest BCUT2D eigenvalue weighted by molar-refractivity contribution is -0.113. The Morgan fingerprint density at radius 3 is 2.75 bits per heavy atom. The van der Waals surface area contributed by atoms with Crippen molar-refractivity contribution in [3.63, 3.8) is 0 Å². The fraction of sp³-hybridized carbons (Fsp3) is 0.391. The molecule has 1 N–H and O–H groups in total. The summed E-state index contributed by atoms with van der Waals surface area (Å²) in [4.78, 5) is 13.8. The van der Waals surface area contributed by atoms with Gasteiger partial charge in [0.25, 0.3) is 0 Å². The molecule has 0 radical (unpaired) electrons. The summed E-state index contributed by atoms with van der Waals surface area (Å²) in [5, 5.41) is 22.2. The zero-order valence-electron chi connectivity index (χ0n) is 18.4. The third kappa shape index (κ3) is 4.97. The van der Waals surface area contributed by atoms with Gasteiger partial charge in [0.1, 0.15) is 23.4 Å². The lowest BCUT2D eigenvalue weighted by Gasteiger charge is -2.09. The number of ether oxygens (including phenoxy) is 1. The quantitative estimate of drug-likeness (QED) is 0.512. The van der Waals surface area contributed by atoms with E-state index >= 15 is 0 Å². The molecule has 0 bridgehead atoms. The molecule has 7 nitrogen and oxygen atoms in total. The number of nitrogens with one attached hydrogen (secondary N) is 1. The molecule has 0 fully saturated rings. The molecule has 1 aliphatic rings. The van der Waals surface area contributed by atoms with Crippen molar-refractivity contribution in [1.82, 2.24) is 14.8 Å². The molecule has 0 spiro atoms. The highest BCUT2D eigenvalue weighted by atomic mass is 32.2. The first-order valence-electron chi connectivity index (χ1n) is 10.5. The van der Waals surface area contributed by atoms with Crippen LogP contribution in [0, 0.1) is 25.2 Å². The van der Waals surface area contributed by atoms with Gasteiger partial charge in [-0.3, -0.25) is 4.79 Å². The number of aromatic nitrogens is 3. The highest BCUT2D eigenvalue weighted by molar-refractivity contribution is 7.99. The second kappa shape index (κ2) is 9.76. The largest absolute Gasteiger partial charge is 0.486 e. The average molecular weight is 468 g/mol. The Kier molecular flexibility index (Phi) is 6.82. The molecule has 0 unspecified atom stereocenters. The van der Waals surface area contributed by atoms with Crippen LogP contribution in [0.1, 0.15) is 45.8 Å². The molecule has 0 saturated heterocycles. The van der Waals surface area contributed by atoms with E-state index in [1.807, 2.05) is 37.6 Å². The maximum Gasteiger partial charge on any atom is 0.235 e. The number of thioether (sulfide) groups is 1. The van der Waals surface area contributed by atoms with Crippen molar-refractivity contribution in [2.45, 2.75) is 51.3 Å². The Bertz CT molecular complexity index is 1170. The van der Waals surface area contributed by atoms with E-state index < -0.39 is 0 Å². The van der Waals surface area contributed by atoms with E-state index in [0.717, 1.165) is 48.1 Å². The van der Waals surface area contributed by atoms with Crippen LogP contribution in [0.15, 0.2) is 23.4 Å². The molecule has 3 aromatic rings. The van der Waals surface area contributed by atoms with E-state index in [1.165, 1.54) is 28.0 Å². The van der Waals surface area contributed by atoms with Crippen LogP contribution in [-0.2, 0) is 31.3 Å². The number of hydrogen-bond donors (Lipinski definition) is 1. The van der Waals surface area contributed by atoms with Crippen LogP contribution in [0.5, 0.6) is 5.75 Å². The normalized spacial score (nSPS) is 12.8. The number of benzene rings is 1. The van der Waals surface area contributed by atoms with Gasteiger partial charge in [0.05, 0.1) is 11.3 Å². The number of rotatable bonds is 7. The van der Waals surface area contributed by atoms with Crippen molar-refractivity contribution >= 4 is 34.0 Å².